The van der Waals surface area contributed by atoms with Gasteiger partial charge in [-0.2, -0.15) is 13.2 Å². The van der Waals surface area contributed by atoms with E-state index in [1.807, 2.05) is 0 Å². The third-order valence-electron chi connectivity index (χ3n) is 4.41. The first-order valence-electron chi connectivity index (χ1n) is 9.28. The van der Waals surface area contributed by atoms with Crippen molar-refractivity contribution in [3.8, 4) is 0 Å². The Kier molecular flexibility index (Phi) is 6.31. The molecule has 0 aliphatic heterocycles. The van der Waals surface area contributed by atoms with Crippen LogP contribution < -0.4 is 5.32 Å². The van der Waals surface area contributed by atoms with E-state index in [1.54, 1.807) is 45.6 Å². The van der Waals surface area contributed by atoms with Crippen molar-refractivity contribution in [1.82, 2.24) is 10.2 Å². The second-order valence-corrected chi connectivity index (χ2v) is 8.14. The van der Waals surface area contributed by atoms with E-state index in [1.165, 1.54) is 6.07 Å². The highest BCUT2D eigenvalue weighted by molar-refractivity contribution is 5.86. The zero-order valence-electron chi connectivity index (χ0n) is 16.8. The molecule has 0 saturated heterocycles. The predicted octanol–water partition coefficient (Wildman–Crippen LogP) is 4.67. The minimum absolute atomic E-state index is 0.0417. The third-order valence-corrected chi connectivity index (χ3v) is 4.41. The summed E-state index contributed by atoms with van der Waals surface area (Å²) in [6.07, 6.45) is -3.59. The van der Waals surface area contributed by atoms with Crippen LogP contribution in [0.1, 0.15) is 64.6 Å². The van der Waals surface area contributed by atoms with E-state index < -0.39 is 35.5 Å². The van der Waals surface area contributed by atoms with Crippen LogP contribution in [0.25, 0.3) is 0 Å². The molecule has 1 aromatic carbocycles. The molecule has 2 amide bonds. The van der Waals surface area contributed by atoms with Gasteiger partial charge in [0, 0.05) is 6.04 Å². The van der Waals surface area contributed by atoms with Gasteiger partial charge >= 0.3 is 12.3 Å². The normalized spacial score (nSPS) is 16.9. The Balaban J connectivity index is 2.16. The molecule has 1 aliphatic carbocycles. The van der Waals surface area contributed by atoms with Crippen molar-refractivity contribution in [1.29, 1.82) is 0 Å². The number of hydrogen-bond donors (Lipinski definition) is 1. The molecule has 0 heterocycles. The maximum absolute atomic E-state index is 13.0. The minimum atomic E-state index is -4.45. The molecule has 156 valence electrons. The van der Waals surface area contributed by atoms with Gasteiger partial charge in [0.25, 0.3) is 0 Å². The lowest BCUT2D eigenvalue weighted by molar-refractivity contribution is -0.137. The summed E-state index contributed by atoms with van der Waals surface area (Å²) in [6.45, 7) is 8.38. The maximum atomic E-state index is 13.0. The minimum Gasteiger partial charge on any atom is -0.444 e. The number of carbonyl (C=O) groups is 2. The van der Waals surface area contributed by atoms with Crippen molar-refractivity contribution in [2.45, 2.75) is 77.4 Å². The maximum Gasteiger partial charge on any atom is 0.416 e. The molecule has 0 radical (unpaired) electrons. The molecule has 2 unspecified atom stereocenters. The van der Waals surface area contributed by atoms with Crippen molar-refractivity contribution in [2.75, 3.05) is 0 Å². The number of alkyl carbamates (subject to hydrolysis) is 1. The van der Waals surface area contributed by atoms with Gasteiger partial charge in [-0.25, -0.2) is 4.79 Å². The van der Waals surface area contributed by atoms with E-state index >= 15 is 0 Å². The molecule has 1 saturated carbocycles. The average molecular weight is 400 g/mol. The van der Waals surface area contributed by atoms with Gasteiger partial charge in [0.15, 0.2) is 0 Å². The van der Waals surface area contributed by atoms with Gasteiger partial charge in [-0.05, 0) is 65.2 Å². The lowest BCUT2D eigenvalue weighted by Gasteiger charge is -2.32. The van der Waals surface area contributed by atoms with Crippen LogP contribution in [0.4, 0.5) is 18.0 Å². The summed E-state index contributed by atoms with van der Waals surface area (Å²) in [5, 5.41) is 2.51. The molecule has 2 atom stereocenters. The summed E-state index contributed by atoms with van der Waals surface area (Å²) in [7, 11) is 0. The summed E-state index contributed by atoms with van der Waals surface area (Å²) < 4.78 is 44.2. The quantitative estimate of drug-likeness (QED) is 0.781. The average Bonchev–Trinajstić information content (AvgIpc) is 3.37. The first kappa shape index (κ1) is 22.0. The van der Waals surface area contributed by atoms with Crippen LogP contribution in [0.2, 0.25) is 0 Å². The molecule has 8 heteroatoms. The fourth-order valence-corrected chi connectivity index (χ4v) is 2.94. The third kappa shape index (κ3) is 5.87. The van der Waals surface area contributed by atoms with E-state index in [9.17, 15) is 22.8 Å². The first-order valence-corrected chi connectivity index (χ1v) is 9.28. The Morgan fingerprint density at radius 1 is 1.18 bits per heavy atom. The van der Waals surface area contributed by atoms with Crippen molar-refractivity contribution < 1.29 is 27.5 Å². The lowest BCUT2D eigenvalue weighted by atomic mass is 10.0. The number of carbonyl (C=O) groups excluding carboxylic acids is 2. The largest absolute Gasteiger partial charge is 0.444 e. The van der Waals surface area contributed by atoms with Gasteiger partial charge in [-0.15, -0.1) is 0 Å². The number of alkyl halides is 3. The standard InChI is InChI=1S/C20H27F3N2O3/c1-12(24-18(27)28-19(3,4)5)17(26)25(16-9-10-16)13(2)14-7-6-8-15(11-14)20(21,22)23/h6-8,11-13,16H,9-10H2,1-5H3,(H,24,27). The van der Waals surface area contributed by atoms with Crippen LogP contribution >= 0.6 is 0 Å². The number of amides is 2. The van der Waals surface area contributed by atoms with Crippen molar-refractivity contribution in [3.05, 3.63) is 35.4 Å². The Labute approximate surface area is 163 Å². The molecular weight excluding hydrogens is 373 g/mol. The fraction of sp³-hybridized carbons (Fsp3) is 0.600. The van der Waals surface area contributed by atoms with E-state index in [0.29, 0.717) is 5.56 Å². The van der Waals surface area contributed by atoms with E-state index in [2.05, 4.69) is 5.32 Å². The van der Waals surface area contributed by atoms with Gasteiger partial charge < -0.3 is 15.0 Å². The van der Waals surface area contributed by atoms with Crippen molar-refractivity contribution >= 4 is 12.0 Å². The highest BCUT2D eigenvalue weighted by atomic mass is 19.4. The number of nitrogens with one attached hydrogen (secondary N) is 1. The van der Waals surface area contributed by atoms with Gasteiger partial charge in [0.1, 0.15) is 11.6 Å². The molecule has 28 heavy (non-hydrogen) atoms. The number of halogens is 3. The predicted molar refractivity (Wildman–Crippen MR) is 98.6 cm³/mol. The molecule has 1 aromatic rings. The summed E-state index contributed by atoms with van der Waals surface area (Å²) in [5.41, 5.74) is -1.05. The van der Waals surface area contributed by atoms with Crippen molar-refractivity contribution in [2.24, 2.45) is 0 Å². The second kappa shape index (κ2) is 8.01. The SMILES string of the molecule is CC(NC(=O)OC(C)(C)C)C(=O)N(C1CC1)C(C)c1cccc(C(F)(F)F)c1. The monoisotopic (exact) mass is 400 g/mol. The van der Waals surface area contributed by atoms with Gasteiger partial charge in [-0.3, -0.25) is 4.79 Å². The van der Waals surface area contributed by atoms with E-state index in [0.717, 1.165) is 25.0 Å². The Hall–Kier alpha value is -2.25. The molecule has 5 nitrogen and oxygen atoms in total. The van der Waals surface area contributed by atoms with E-state index in [4.69, 9.17) is 4.74 Å². The number of hydrogen-bond acceptors (Lipinski definition) is 3. The summed E-state index contributed by atoms with van der Waals surface area (Å²) >= 11 is 0. The number of nitrogens with zero attached hydrogens (tertiary/aromatic N) is 1. The molecule has 0 bridgehead atoms. The molecule has 0 spiro atoms. The van der Waals surface area contributed by atoms with Gasteiger partial charge in [0.2, 0.25) is 5.91 Å². The topological polar surface area (TPSA) is 58.6 Å². The van der Waals surface area contributed by atoms with Crippen LogP contribution in [0, 0.1) is 0 Å². The lowest BCUT2D eigenvalue weighted by Crippen LogP contribution is -2.49. The molecule has 1 fully saturated rings. The fourth-order valence-electron chi connectivity index (χ4n) is 2.94. The summed E-state index contributed by atoms with van der Waals surface area (Å²) in [5.74, 6) is -0.349. The van der Waals surface area contributed by atoms with E-state index in [-0.39, 0.29) is 11.9 Å². The number of rotatable bonds is 5. The summed E-state index contributed by atoms with van der Waals surface area (Å²) in [4.78, 5) is 26.5. The van der Waals surface area contributed by atoms with Crippen LogP contribution in [0.3, 0.4) is 0 Å². The summed E-state index contributed by atoms with van der Waals surface area (Å²) in [6, 6.07) is 3.54. The molecule has 1 aliphatic rings. The molecule has 0 aromatic heterocycles. The zero-order valence-corrected chi connectivity index (χ0v) is 16.8. The zero-order chi connectivity index (χ0) is 21.3. The Morgan fingerprint density at radius 3 is 2.29 bits per heavy atom. The highest BCUT2D eigenvalue weighted by Gasteiger charge is 2.39. The smallest absolute Gasteiger partial charge is 0.416 e. The molecule has 1 N–H and O–H groups in total. The Morgan fingerprint density at radius 2 is 1.79 bits per heavy atom. The van der Waals surface area contributed by atoms with Crippen LogP contribution in [0.15, 0.2) is 24.3 Å². The van der Waals surface area contributed by atoms with Crippen LogP contribution in [0.5, 0.6) is 0 Å². The highest BCUT2D eigenvalue weighted by Crippen LogP contribution is 2.37. The van der Waals surface area contributed by atoms with Crippen LogP contribution in [-0.4, -0.2) is 34.6 Å². The second-order valence-electron chi connectivity index (χ2n) is 8.14. The molecule has 2 rings (SSSR count). The van der Waals surface area contributed by atoms with Crippen molar-refractivity contribution in [3.63, 3.8) is 0 Å². The van der Waals surface area contributed by atoms with Gasteiger partial charge in [0.05, 0.1) is 11.6 Å². The van der Waals surface area contributed by atoms with Gasteiger partial charge in [-0.1, -0.05) is 12.1 Å². The Bertz CT molecular complexity index is 724. The molecular formula is C20H27F3N2O3. The number of benzene rings is 1. The number of ether oxygens (including phenoxy) is 1. The first-order chi connectivity index (χ1) is 12.8. The van der Waals surface area contributed by atoms with Crippen LogP contribution in [-0.2, 0) is 15.7 Å².